The van der Waals surface area contributed by atoms with E-state index in [0.29, 0.717) is 5.41 Å². The summed E-state index contributed by atoms with van der Waals surface area (Å²) in [6.07, 6.45) is 3.62. The Labute approximate surface area is 133 Å². The van der Waals surface area contributed by atoms with Gasteiger partial charge < -0.3 is 9.64 Å². The first-order chi connectivity index (χ1) is 10.6. The van der Waals surface area contributed by atoms with E-state index in [-0.39, 0.29) is 5.91 Å². The summed E-state index contributed by atoms with van der Waals surface area (Å²) in [4.78, 5) is 16.2. The van der Waals surface area contributed by atoms with Crippen LogP contribution < -0.4 is 4.74 Å². The Bertz CT molecular complexity index is 528. The standard InChI is InChI=1S/C18H26N2O2/c1-15(21)20-10-3-8-18(14-20)9-11-19(13-18)12-16-4-6-17(22-2)7-5-16/h4-7H,3,8-14H2,1-2H3. The second kappa shape index (κ2) is 6.29. The first-order valence-electron chi connectivity index (χ1n) is 8.21. The SMILES string of the molecule is COc1ccc(CN2CCC3(CCCN(C(C)=O)C3)C2)cc1. The van der Waals surface area contributed by atoms with Gasteiger partial charge >= 0.3 is 0 Å². The van der Waals surface area contributed by atoms with Gasteiger partial charge in [-0.15, -0.1) is 0 Å². The van der Waals surface area contributed by atoms with Gasteiger partial charge in [0, 0.05) is 38.5 Å². The van der Waals surface area contributed by atoms with Crippen molar-refractivity contribution < 1.29 is 9.53 Å². The van der Waals surface area contributed by atoms with E-state index in [1.165, 1.54) is 18.4 Å². The van der Waals surface area contributed by atoms with Crippen LogP contribution in [0, 0.1) is 5.41 Å². The summed E-state index contributed by atoms with van der Waals surface area (Å²) >= 11 is 0. The molecule has 120 valence electrons. The Balaban J connectivity index is 1.60. The molecule has 3 rings (SSSR count). The van der Waals surface area contributed by atoms with E-state index in [2.05, 4.69) is 17.0 Å². The highest BCUT2D eigenvalue weighted by atomic mass is 16.5. The van der Waals surface area contributed by atoms with Crippen molar-refractivity contribution in [2.24, 2.45) is 5.41 Å². The van der Waals surface area contributed by atoms with Gasteiger partial charge in [0.15, 0.2) is 0 Å². The second-order valence-electron chi connectivity index (χ2n) is 6.85. The number of amides is 1. The van der Waals surface area contributed by atoms with Crippen LogP contribution in [0.4, 0.5) is 0 Å². The Morgan fingerprint density at radius 1 is 1.18 bits per heavy atom. The molecule has 0 aromatic heterocycles. The van der Waals surface area contributed by atoms with Crippen molar-refractivity contribution in [1.29, 1.82) is 0 Å². The minimum absolute atomic E-state index is 0.229. The van der Waals surface area contributed by atoms with Crippen molar-refractivity contribution in [2.45, 2.75) is 32.7 Å². The van der Waals surface area contributed by atoms with Gasteiger partial charge in [-0.2, -0.15) is 0 Å². The number of nitrogens with zero attached hydrogens (tertiary/aromatic N) is 2. The molecule has 1 aromatic rings. The van der Waals surface area contributed by atoms with E-state index in [1.807, 2.05) is 17.0 Å². The number of ether oxygens (including phenoxy) is 1. The number of likely N-dealkylation sites (tertiary alicyclic amines) is 2. The monoisotopic (exact) mass is 302 g/mol. The number of hydrogen-bond donors (Lipinski definition) is 0. The zero-order valence-corrected chi connectivity index (χ0v) is 13.7. The molecule has 0 saturated carbocycles. The van der Waals surface area contributed by atoms with E-state index in [1.54, 1.807) is 14.0 Å². The number of methoxy groups -OCH3 is 1. The zero-order chi connectivity index (χ0) is 15.6. The molecule has 2 aliphatic rings. The summed E-state index contributed by atoms with van der Waals surface area (Å²) < 4.78 is 5.21. The number of carbonyl (C=O) groups excluding carboxylic acids is 1. The molecule has 2 saturated heterocycles. The van der Waals surface area contributed by atoms with Crippen LogP contribution in [0.15, 0.2) is 24.3 Å². The maximum atomic E-state index is 11.7. The summed E-state index contributed by atoms with van der Waals surface area (Å²) in [5, 5.41) is 0. The van der Waals surface area contributed by atoms with E-state index < -0.39 is 0 Å². The number of rotatable bonds is 3. The lowest BCUT2D eigenvalue weighted by Gasteiger charge is -2.40. The molecular weight excluding hydrogens is 276 g/mol. The average molecular weight is 302 g/mol. The second-order valence-corrected chi connectivity index (χ2v) is 6.85. The highest BCUT2D eigenvalue weighted by Gasteiger charge is 2.41. The summed E-state index contributed by atoms with van der Waals surface area (Å²) in [5.74, 6) is 1.14. The van der Waals surface area contributed by atoms with Crippen molar-refractivity contribution >= 4 is 5.91 Å². The lowest BCUT2D eigenvalue weighted by molar-refractivity contribution is -0.132. The molecule has 0 bridgehead atoms. The lowest BCUT2D eigenvalue weighted by atomic mass is 9.79. The molecule has 1 amide bonds. The summed E-state index contributed by atoms with van der Waals surface area (Å²) in [7, 11) is 1.70. The van der Waals surface area contributed by atoms with E-state index in [9.17, 15) is 4.79 Å². The van der Waals surface area contributed by atoms with Gasteiger partial charge in [-0.1, -0.05) is 12.1 Å². The van der Waals surface area contributed by atoms with Crippen LogP contribution in [-0.4, -0.2) is 49.0 Å². The van der Waals surface area contributed by atoms with Crippen molar-refractivity contribution in [3.63, 3.8) is 0 Å². The zero-order valence-electron chi connectivity index (χ0n) is 13.7. The maximum Gasteiger partial charge on any atom is 0.219 e. The largest absolute Gasteiger partial charge is 0.497 e. The number of benzene rings is 1. The van der Waals surface area contributed by atoms with Gasteiger partial charge in [0.05, 0.1) is 7.11 Å². The Morgan fingerprint density at radius 2 is 1.95 bits per heavy atom. The fourth-order valence-corrected chi connectivity index (χ4v) is 3.96. The van der Waals surface area contributed by atoms with Crippen LogP contribution in [0.1, 0.15) is 31.7 Å². The summed E-state index contributed by atoms with van der Waals surface area (Å²) in [5.41, 5.74) is 1.66. The van der Waals surface area contributed by atoms with Crippen LogP contribution in [0.2, 0.25) is 0 Å². The van der Waals surface area contributed by atoms with E-state index in [0.717, 1.165) is 44.9 Å². The average Bonchev–Trinajstić information content (AvgIpc) is 2.90. The highest BCUT2D eigenvalue weighted by Crippen LogP contribution is 2.39. The third-order valence-electron chi connectivity index (χ3n) is 5.19. The fourth-order valence-electron chi connectivity index (χ4n) is 3.96. The maximum absolute atomic E-state index is 11.7. The Morgan fingerprint density at radius 3 is 2.64 bits per heavy atom. The van der Waals surface area contributed by atoms with Gasteiger partial charge in [-0.05, 0) is 43.5 Å². The molecule has 4 heteroatoms. The number of carbonyl (C=O) groups is 1. The highest BCUT2D eigenvalue weighted by molar-refractivity contribution is 5.73. The molecule has 2 heterocycles. The fraction of sp³-hybridized carbons (Fsp3) is 0.611. The topological polar surface area (TPSA) is 32.8 Å². The number of piperidine rings is 1. The van der Waals surface area contributed by atoms with Gasteiger partial charge in [0.1, 0.15) is 5.75 Å². The van der Waals surface area contributed by atoms with Crippen molar-refractivity contribution in [3.05, 3.63) is 29.8 Å². The van der Waals surface area contributed by atoms with Crippen LogP contribution in [-0.2, 0) is 11.3 Å². The molecule has 2 aliphatic heterocycles. The van der Waals surface area contributed by atoms with Crippen molar-refractivity contribution in [1.82, 2.24) is 9.80 Å². The molecule has 0 N–H and O–H groups in total. The molecule has 0 aliphatic carbocycles. The summed E-state index contributed by atoms with van der Waals surface area (Å²) in [6, 6.07) is 8.34. The normalized spacial score (nSPS) is 25.6. The molecule has 1 atom stereocenters. The van der Waals surface area contributed by atoms with Crippen molar-refractivity contribution in [2.75, 3.05) is 33.3 Å². The van der Waals surface area contributed by atoms with Crippen LogP contribution >= 0.6 is 0 Å². The predicted octanol–water partition coefficient (Wildman–Crippen LogP) is 2.53. The third-order valence-corrected chi connectivity index (χ3v) is 5.19. The van der Waals surface area contributed by atoms with Crippen LogP contribution in [0.25, 0.3) is 0 Å². The summed E-state index contributed by atoms with van der Waals surface area (Å²) in [6.45, 7) is 6.83. The van der Waals surface area contributed by atoms with Crippen molar-refractivity contribution in [3.8, 4) is 5.75 Å². The molecular formula is C18H26N2O2. The molecule has 2 fully saturated rings. The van der Waals surface area contributed by atoms with E-state index >= 15 is 0 Å². The third kappa shape index (κ3) is 3.27. The molecule has 4 nitrogen and oxygen atoms in total. The quantitative estimate of drug-likeness (QED) is 0.860. The van der Waals surface area contributed by atoms with E-state index in [4.69, 9.17) is 4.74 Å². The molecule has 1 unspecified atom stereocenters. The molecule has 1 spiro atoms. The van der Waals surface area contributed by atoms with Crippen LogP contribution in [0.3, 0.4) is 0 Å². The van der Waals surface area contributed by atoms with Gasteiger partial charge in [0.2, 0.25) is 5.91 Å². The molecule has 1 aromatic carbocycles. The molecule has 22 heavy (non-hydrogen) atoms. The predicted molar refractivity (Wildman–Crippen MR) is 86.8 cm³/mol. The van der Waals surface area contributed by atoms with Gasteiger partial charge in [-0.25, -0.2) is 0 Å². The first kappa shape index (κ1) is 15.3. The Kier molecular flexibility index (Phi) is 4.39. The lowest BCUT2D eigenvalue weighted by Crippen LogP contribution is -2.46. The van der Waals surface area contributed by atoms with Gasteiger partial charge in [-0.3, -0.25) is 9.69 Å². The van der Waals surface area contributed by atoms with Crippen LogP contribution in [0.5, 0.6) is 5.75 Å². The Hall–Kier alpha value is -1.55. The minimum Gasteiger partial charge on any atom is -0.497 e. The first-order valence-corrected chi connectivity index (χ1v) is 8.21. The number of hydrogen-bond acceptors (Lipinski definition) is 3. The minimum atomic E-state index is 0.229. The van der Waals surface area contributed by atoms with Gasteiger partial charge in [0.25, 0.3) is 0 Å². The smallest absolute Gasteiger partial charge is 0.219 e. The molecule has 0 radical (unpaired) electrons.